The lowest BCUT2D eigenvalue weighted by atomic mass is 10.6. The molecule has 4 heteroatoms. The number of ether oxygens (including phenoxy) is 2. The molecule has 0 spiro atoms. The van der Waals surface area contributed by atoms with E-state index < -0.39 is 5.97 Å². The minimum atomic E-state index is -0.410. The van der Waals surface area contributed by atoms with Crippen molar-refractivity contribution in [2.24, 2.45) is 0 Å². The predicted octanol–water partition coefficient (Wildman–Crippen LogP) is 0.892. The normalized spacial score (nSPS) is 7.08. The van der Waals surface area contributed by atoms with Crippen LogP contribution in [0.2, 0.25) is 0 Å². The maximum atomic E-state index is 10.3. The Bertz CT molecular complexity index is 160. The molecular formula is C8H13NO3. The number of carbonyl (C=O) groups is 1. The molecule has 0 aromatic rings. The lowest BCUT2D eigenvalue weighted by Crippen LogP contribution is -2.06. The number of esters is 1. The van der Waals surface area contributed by atoms with E-state index in [0.29, 0.717) is 13.2 Å². The van der Waals surface area contributed by atoms with Crippen molar-refractivity contribution in [1.82, 2.24) is 0 Å². The van der Waals surface area contributed by atoms with Gasteiger partial charge in [-0.05, 0) is 0 Å². The fourth-order valence-corrected chi connectivity index (χ4v) is 0.285. The van der Waals surface area contributed by atoms with Crippen molar-refractivity contribution >= 4 is 5.97 Å². The summed E-state index contributed by atoms with van der Waals surface area (Å²) in [4.78, 5) is 10.3. The molecule has 0 aromatic heterocycles. The van der Waals surface area contributed by atoms with Crippen LogP contribution in [-0.2, 0) is 14.3 Å². The molecule has 0 aliphatic carbocycles. The molecule has 0 radical (unpaired) electrons. The van der Waals surface area contributed by atoms with Gasteiger partial charge in [0.15, 0.2) is 0 Å². The molecule has 0 amide bonds. The Hall–Kier alpha value is -1.34. The van der Waals surface area contributed by atoms with Gasteiger partial charge in [-0.25, -0.2) is 4.79 Å². The van der Waals surface area contributed by atoms with Crippen LogP contribution < -0.4 is 0 Å². The highest BCUT2D eigenvalue weighted by atomic mass is 16.6. The Morgan fingerprint density at radius 3 is 2.50 bits per heavy atom. The van der Waals surface area contributed by atoms with Gasteiger partial charge in [0.25, 0.3) is 0 Å². The third-order valence-corrected chi connectivity index (χ3v) is 0.698. The van der Waals surface area contributed by atoms with Gasteiger partial charge in [0.05, 0.1) is 12.7 Å². The Labute approximate surface area is 72.4 Å². The summed E-state index contributed by atoms with van der Waals surface area (Å²) in [5.41, 5.74) is 0. The lowest BCUT2D eigenvalue weighted by Gasteiger charge is -1.98. The summed E-state index contributed by atoms with van der Waals surface area (Å²) in [6, 6.07) is 1.75. The van der Waals surface area contributed by atoms with Gasteiger partial charge in [-0.3, -0.25) is 0 Å². The SMILES string of the molecule is C=CC(=O)OCCOC.CC#N. The van der Waals surface area contributed by atoms with E-state index in [2.05, 4.69) is 16.1 Å². The summed E-state index contributed by atoms with van der Waals surface area (Å²) in [5, 5.41) is 7.32. The van der Waals surface area contributed by atoms with E-state index in [1.54, 1.807) is 13.2 Å². The molecule has 0 unspecified atom stereocenters. The summed E-state index contributed by atoms with van der Waals surface area (Å²) in [6.45, 7) is 5.38. The van der Waals surface area contributed by atoms with Crippen molar-refractivity contribution < 1.29 is 14.3 Å². The molecule has 68 valence electrons. The average Bonchev–Trinajstić information content (AvgIpc) is 2.06. The van der Waals surface area contributed by atoms with Crippen LogP contribution in [0.4, 0.5) is 0 Å². The number of methoxy groups -OCH3 is 1. The van der Waals surface area contributed by atoms with Gasteiger partial charge in [0.2, 0.25) is 0 Å². The fourth-order valence-electron chi connectivity index (χ4n) is 0.285. The van der Waals surface area contributed by atoms with E-state index in [0.717, 1.165) is 6.08 Å². The number of hydrogen-bond donors (Lipinski definition) is 0. The summed E-state index contributed by atoms with van der Waals surface area (Å²) in [5.74, 6) is -0.410. The zero-order valence-corrected chi connectivity index (χ0v) is 7.37. The van der Waals surface area contributed by atoms with Gasteiger partial charge in [-0.15, -0.1) is 0 Å². The van der Waals surface area contributed by atoms with Gasteiger partial charge in [0.1, 0.15) is 6.61 Å². The molecular weight excluding hydrogens is 158 g/mol. The van der Waals surface area contributed by atoms with Gasteiger partial charge < -0.3 is 9.47 Å². The van der Waals surface area contributed by atoms with Crippen molar-refractivity contribution in [3.05, 3.63) is 12.7 Å². The number of nitrogens with zero attached hydrogens (tertiary/aromatic N) is 1. The maximum Gasteiger partial charge on any atom is 0.330 e. The Morgan fingerprint density at radius 1 is 1.67 bits per heavy atom. The molecule has 12 heavy (non-hydrogen) atoms. The third-order valence-electron chi connectivity index (χ3n) is 0.698. The van der Waals surface area contributed by atoms with Crippen LogP contribution in [-0.4, -0.2) is 26.3 Å². The van der Waals surface area contributed by atoms with E-state index in [1.165, 1.54) is 6.92 Å². The van der Waals surface area contributed by atoms with Gasteiger partial charge >= 0.3 is 5.97 Å². The number of carbonyl (C=O) groups excluding carboxylic acids is 1. The van der Waals surface area contributed by atoms with E-state index >= 15 is 0 Å². The first-order valence-corrected chi connectivity index (χ1v) is 3.31. The zero-order valence-electron chi connectivity index (χ0n) is 7.37. The van der Waals surface area contributed by atoms with Crippen molar-refractivity contribution in [2.45, 2.75) is 6.92 Å². The quantitative estimate of drug-likeness (QED) is 0.358. The van der Waals surface area contributed by atoms with Crippen LogP contribution >= 0.6 is 0 Å². The molecule has 0 N–H and O–H groups in total. The molecule has 0 aliphatic heterocycles. The number of rotatable bonds is 4. The molecule has 0 saturated heterocycles. The first-order valence-electron chi connectivity index (χ1n) is 3.31. The van der Waals surface area contributed by atoms with Crippen LogP contribution in [0.25, 0.3) is 0 Å². The second-order valence-electron chi connectivity index (χ2n) is 1.59. The zero-order chi connectivity index (χ0) is 9.82. The predicted molar refractivity (Wildman–Crippen MR) is 44.3 cm³/mol. The molecule has 0 aliphatic rings. The van der Waals surface area contributed by atoms with E-state index in [4.69, 9.17) is 5.26 Å². The van der Waals surface area contributed by atoms with Crippen LogP contribution in [0.1, 0.15) is 6.92 Å². The Balaban J connectivity index is 0. The highest BCUT2D eigenvalue weighted by Gasteiger charge is 1.91. The third kappa shape index (κ3) is 15.9. The summed E-state index contributed by atoms with van der Waals surface area (Å²) >= 11 is 0. The molecule has 0 heterocycles. The molecule has 0 rings (SSSR count). The van der Waals surface area contributed by atoms with Crippen LogP contribution in [0.15, 0.2) is 12.7 Å². The summed E-state index contributed by atoms with van der Waals surface area (Å²) in [6.07, 6.45) is 1.12. The van der Waals surface area contributed by atoms with Gasteiger partial charge in [-0.2, -0.15) is 5.26 Å². The molecule has 0 aromatic carbocycles. The van der Waals surface area contributed by atoms with Gasteiger partial charge in [0, 0.05) is 20.1 Å². The van der Waals surface area contributed by atoms with Crippen LogP contribution in [0.3, 0.4) is 0 Å². The number of nitriles is 1. The first-order chi connectivity index (χ1) is 5.72. The standard InChI is InChI=1S/C6H10O3.C2H3N/c1-3-6(7)9-5-4-8-2;1-2-3/h3H,1,4-5H2,2H3;1H3. The topological polar surface area (TPSA) is 59.3 Å². The van der Waals surface area contributed by atoms with Crippen molar-refractivity contribution in [3.8, 4) is 6.07 Å². The monoisotopic (exact) mass is 171 g/mol. The van der Waals surface area contributed by atoms with Crippen molar-refractivity contribution in [1.29, 1.82) is 5.26 Å². The Morgan fingerprint density at radius 2 is 2.17 bits per heavy atom. The highest BCUT2D eigenvalue weighted by molar-refractivity contribution is 5.81. The summed E-state index contributed by atoms with van der Waals surface area (Å²) < 4.78 is 9.17. The first kappa shape index (κ1) is 13.3. The average molecular weight is 171 g/mol. The van der Waals surface area contributed by atoms with Crippen molar-refractivity contribution in [3.63, 3.8) is 0 Å². The van der Waals surface area contributed by atoms with E-state index in [9.17, 15) is 4.79 Å². The van der Waals surface area contributed by atoms with Crippen molar-refractivity contribution in [2.75, 3.05) is 20.3 Å². The fraction of sp³-hybridized carbons (Fsp3) is 0.500. The van der Waals surface area contributed by atoms with Crippen LogP contribution in [0, 0.1) is 11.3 Å². The molecule has 0 saturated carbocycles. The molecule has 4 nitrogen and oxygen atoms in total. The largest absolute Gasteiger partial charge is 0.460 e. The summed E-state index contributed by atoms with van der Waals surface area (Å²) in [7, 11) is 1.54. The molecule has 0 bridgehead atoms. The van der Waals surface area contributed by atoms with E-state index in [1.807, 2.05) is 0 Å². The molecule has 0 atom stereocenters. The minimum absolute atomic E-state index is 0.293. The second-order valence-corrected chi connectivity index (χ2v) is 1.59. The van der Waals surface area contributed by atoms with Gasteiger partial charge in [-0.1, -0.05) is 6.58 Å². The minimum Gasteiger partial charge on any atom is -0.460 e. The molecule has 0 fully saturated rings. The van der Waals surface area contributed by atoms with E-state index in [-0.39, 0.29) is 0 Å². The number of hydrogen-bond acceptors (Lipinski definition) is 4. The highest BCUT2D eigenvalue weighted by Crippen LogP contribution is 1.78. The Kier molecular flexibility index (Phi) is 13.6. The maximum absolute atomic E-state index is 10.3. The smallest absolute Gasteiger partial charge is 0.330 e. The lowest BCUT2D eigenvalue weighted by molar-refractivity contribution is -0.138. The second kappa shape index (κ2) is 12.3. The van der Waals surface area contributed by atoms with Crippen LogP contribution in [0.5, 0.6) is 0 Å².